The second-order valence-corrected chi connectivity index (χ2v) is 12.8. The molecule has 1 aromatic heterocycles. The molecule has 11 nitrogen and oxygen atoms in total. The highest BCUT2D eigenvalue weighted by Crippen LogP contribution is 2.45. The molecule has 0 unspecified atom stereocenters. The summed E-state index contributed by atoms with van der Waals surface area (Å²) in [4.78, 5) is 34.8. The number of piperidine rings is 1. The fraction of sp³-hybridized carbons (Fsp3) is 0.593. The third-order valence-corrected chi connectivity index (χ3v) is 8.26. The predicted molar refractivity (Wildman–Crippen MR) is 154 cm³/mol. The third kappa shape index (κ3) is 5.78. The minimum Gasteiger partial charge on any atom is -0.444 e. The van der Waals surface area contributed by atoms with Gasteiger partial charge in [-0.05, 0) is 82.7 Å². The Morgan fingerprint density at radius 2 is 2.08 bits per heavy atom. The number of carbonyl (C=O) groups excluding carboxylic acids is 1. The second-order valence-electron chi connectivity index (χ2n) is 12.0. The number of nitrogens with one attached hydrogen (secondary N) is 1. The number of fused-ring (bicyclic) bond motifs is 1. The number of amides is 1. The number of hydrogen-bond acceptors (Lipinski definition) is 9. The Kier molecular flexibility index (Phi) is 8.15. The van der Waals surface area contributed by atoms with Gasteiger partial charge in [0.05, 0.1) is 27.4 Å². The number of rotatable bonds is 6. The van der Waals surface area contributed by atoms with Crippen LogP contribution in [0.3, 0.4) is 0 Å². The maximum Gasteiger partial charge on any atom is 0.410 e. The van der Waals surface area contributed by atoms with Crippen molar-refractivity contribution in [2.24, 2.45) is 0 Å². The smallest absolute Gasteiger partial charge is 0.410 e. The first kappa shape index (κ1) is 29.7. The molecule has 2 atom stereocenters. The molecule has 13 heteroatoms. The van der Waals surface area contributed by atoms with Crippen molar-refractivity contribution in [3.63, 3.8) is 0 Å². The van der Waals surface area contributed by atoms with Crippen LogP contribution in [0, 0.1) is 27.3 Å². The van der Waals surface area contributed by atoms with Gasteiger partial charge in [0.1, 0.15) is 16.8 Å². The molecule has 216 valence electrons. The minimum atomic E-state index is -0.686. The molecule has 0 bridgehead atoms. The van der Waals surface area contributed by atoms with Crippen molar-refractivity contribution >= 4 is 50.1 Å². The molecule has 0 spiro atoms. The first-order chi connectivity index (χ1) is 18.6. The Hall–Kier alpha value is -3.24. The van der Waals surface area contributed by atoms with Crippen LogP contribution in [-0.4, -0.2) is 82.8 Å². The molecule has 40 heavy (non-hydrogen) atoms. The van der Waals surface area contributed by atoms with Gasteiger partial charge in [0.15, 0.2) is 5.82 Å². The van der Waals surface area contributed by atoms with Crippen molar-refractivity contribution in [1.82, 2.24) is 14.8 Å². The highest BCUT2D eigenvalue weighted by Gasteiger charge is 2.45. The van der Waals surface area contributed by atoms with E-state index in [2.05, 4.69) is 44.1 Å². The Morgan fingerprint density at radius 1 is 1.40 bits per heavy atom. The average molecular weight is 621 g/mol. The average Bonchev–Trinajstić information content (AvgIpc) is 2.83. The Balaban J connectivity index is 1.73. The molecule has 1 N–H and O–H groups in total. The summed E-state index contributed by atoms with van der Waals surface area (Å²) in [5.41, 5.74) is -0.903. The Bertz CT molecular complexity index is 1370. The fourth-order valence-electron chi connectivity index (χ4n) is 5.24. The van der Waals surface area contributed by atoms with E-state index in [9.17, 15) is 20.2 Å². The van der Waals surface area contributed by atoms with Crippen LogP contribution in [0.5, 0.6) is 0 Å². The van der Waals surface area contributed by atoms with Gasteiger partial charge in [0.25, 0.3) is 0 Å². The van der Waals surface area contributed by atoms with E-state index in [1.165, 1.54) is 6.07 Å². The molecule has 1 amide bonds. The van der Waals surface area contributed by atoms with Gasteiger partial charge in [0, 0.05) is 37.1 Å². The van der Waals surface area contributed by atoms with E-state index >= 15 is 4.39 Å². The number of anilines is 2. The Labute approximate surface area is 241 Å². The van der Waals surface area contributed by atoms with Crippen LogP contribution in [0.15, 0.2) is 16.6 Å². The Morgan fingerprint density at radius 3 is 2.65 bits per heavy atom. The minimum absolute atomic E-state index is 0.0238. The number of halogens is 2. The molecule has 2 fully saturated rings. The van der Waals surface area contributed by atoms with E-state index in [0.717, 1.165) is 0 Å². The normalized spacial score (nSPS) is 20.7. The summed E-state index contributed by atoms with van der Waals surface area (Å²) < 4.78 is 21.1. The molecule has 2 aromatic rings. The topological polar surface area (TPSA) is 128 Å². The second kappa shape index (κ2) is 11.0. The lowest BCUT2D eigenvalue weighted by molar-refractivity contribution is -0.383. The van der Waals surface area contributed by atoms with Gasteiger partial charge >= 0.3 is 11.8 Å². The van der Waals surface area contributed by atoms with Gasteiger partial charge in [0.2, 0.25) is 5.82 Å². The van der Waals surface area contributed by atoms with E-state index < -0.39 is 28.5 Å². The standard InChI is InChI=1S/C27H35BrFN7O4/c1-26(2,3)40-25(37)35-12-10-16(13-17(35)9-11-30)31-22-18-7-8-19(28)20(29)21(18)32-24(23(22)36(38)39)34-14-27(4,15-34)33(5)6/h7-8,16-17H,9-10,12-15H2,1-6H3,(H,31,32)/t16-,17+/m0/s1. The van der Waals surface area contributed by atoms with Gasteiger partial charge in [-0.1, -0.05) is 0 Å². The van der Waals surface area contributed by atoms with E-state index in [1.54, 1.807) is 36.6 Å². The van der Waals surface area contributed by atoms with Gasteiger partial charge in [-0.2, -0.15) is 5.26 Å². The van der Waals surface area contributed by atoms with E-state index in [0.29, 0.717) is 37.9 Å². The van der Waals surface area contributed by atoms with Crippen LogP contribution in [-0.2, 0) is 4.74 Å². The van der Waals surface area contributed by atoms with Crippen LogP contribution < -0.4 is 10.2 Å². The SMILES string of the molecule is CN(C)C1(C)CN(c2nc3c(F)c(Br)ccc3c(N[C@H]3CCN(C(=O)OC(C)(C)C)[C@H](CC#N)C3)c2[N+](=O)[O-])C1. The number of nitriles is 1. The number of ether oxygens (including phenoxy) is 1. The number of aromatic nitrogens is 1. The van der Waals surface area contributed by atoms with Gasteiger partial charge in [-0.3, -0.25) is 10.1 Å². The number of likely N-dealkylation sites (N-methyl/N-ethyl adjacent to an activating group) is 1. The van der Waals surface area contributed by atoms with E-state index in [4.69, 9.17) is 4.74 Å². The van der Waals surface area contributed by atoms with Crippen LogP contribution in [0.1, 0.15) is 47.0 Å². The molecule has 2 saturated heterocycles. The highest BCUT2D eigenvalue weighted by molar-refractivity contribution is 9.10. The molecule has 0 aliphatic carbocycles. The number of hydrogen-bond donors (Lipinski definition) is 1. The van der Waals surface area contributed by atoms with Crippen molar-refractivity contribution in [3.05, 3.63) is 32.5 Å². The van der Waals surface area contributed by atoms with Gasteiger partial charge in [-0.25, -0.2) is 14.2 Å². The van der Waals surface area contributed by atoms with Crippen molar-refractivity contribution < 1.29 is 18.8 Å². The zero-order chi connectivity index (χ0) is 29.6. The molecular formula is C27H35BrFN7O4. The summed E-state index contributed by atoms with van der Waals surface area (Å²) >= 11 is 3.21. The van der Waals surface area contributed by atoms with Crippen molar-refractivity contribution in [2.45, 2.75) is 70.2 Å². The largest absolute Gasteiger partial charge is 0.444 e. The summed E-state index contributed by atoms with van der Waals surface area (Å²) in [6.45, 7) is 8.68. The fourth-order valence-corrected chi connectivity index (χ4v) is 5.56. The summed E-state index contributed by atoms with van der Waals surface area (Å²) in [6.07, 6.45) is 0.409. The monoisotopic (exact) mass is 619 g/mol. The lowest BCUT2D eigenvalue weighted by Crippen LogP contribution is -2.67. The summed E-state index contributed by atoms with van der Waals surface area (Å²) in [6, 6.07) is 4.49. The van der Waals surface area contributed by atoms with E-state index in [-0.39, 0.29) is 45.2 Å². The predicted octanol–water partition coefficient (Wildman–Crippen LogP) is 5.28. The maximum atomic E-state index is 15.3. The molecular weight excluding hydrogens is 585 g/mol. The number of carbonyl (C=O) groups is 1. The zero-order valence-electron chi connectivity index (χ0n) is 23.6. The van der Waals surface area contributed by atoms with Crippen LogP contribution in [0.4, 0.5) is 26.4 Å². The molecule has 3 heterocycles. The number of likely N-dealkylation sites (tertiary alicyclic amines) is 1. The highest BCUT2D eigenvalue weighted by atomic mass is 79.9. The molecule has 1 aromatic carbocycles. The zero-order valence-corrected chi connectivity index (χ0v) is 25.2. The molecule has 0 saturated carbocycles. The summed E-state index contributed by atoms with van der Waals surface area (Å²) in [5, 5.41) is 25.6. The molecule has 0 radical (unpaired) electrons. The van der Waals surface area contributed by atoms with Crippen molar-refractivity contribution in [1.29, 1.82) is 5.26 Å². The molecule has 2 aliphatic heterocycles. The first-order valence-corrected chi connectivity index (χ1v) is 14.0. The van der Waals surface area contributed by atoms with Crippen molar-refractivity contribution in [2.75, 3.05) is 43.9 Å². The molecule has 4 rings (SSSR count). The van der Waals surface area contributed by atoms with Gasteiger partial charge < -0.3 is 24.8 Å². The lowest BCUT2D eigenvalue weighted by atomic mass is 9.90. The van der Waals surface area contributed by atoms with Crippen molar-refractivity contribution in [3.8, 4) is 6.07 Å². The number of nitro groups is 1. The lowest BCUT2D eigenvalue weighted by Gasteiger charge is -2.52. The van der Waals surface area contributed by atoms with Crippen LogP contribution in [0.2, 0.25) is 0 Å². The summed E-state index contributed by atoms with van der Waals surface area (Å²) in [7, 11) is 3.90. The quantitative estimate of drug-likeness (QED) is 0.339. The first-order valence-electron chi connectivity index (χ1n) is 13.2. The third-order valence-electron chi connectivity index (χ3n) is 7.65. The number of nitrogens with zero attached hydrogens (tertiary/aromatic N) is 6. The van der Waals surface area contributed by atoms with E-state index in [1.807, 2.05) is 14.1 Å². The van der Waals surface area contributed by atoms with Gasteiger partial charge in [-0.15, -0.1) is 0 Å². The van der Waals surface area contributed by atoms with Crippen LogP contribution >= 0.6 is 15.9 Å². The molecule has 2 aliphatic rings. The summed E-state index contributed by atoms with van der Waals surface area (Å²) in [5.74, 6) is -0.495. The maximum absolute atomic E-state index is 15.3. The van der Waals surface area contributed by atoms with Crippen LogP contribution in [0.25, 0.3) is 10.9 Å². The number of pyridine rings is 1. The number of benzene rings is 1.